The predicted molar refractivity (Wildman–Crippen MR) is 59.9 cm³/mol. The van der Waals surface area contributed by atoms with Crippen molar-refractivity contribution < 1.29 is 4.39 Å². The minimum atomic E-state index is -0.206. The van der Waals surface area contributed by atoms with Crippen LogP contribution in [0.15, 0.2) is 16.0 Å². The van der Waals surface area contributed by atoms with Gasteiger partial charge in [-0.05, 0) is 28.1 Å². The van der Waals surface area contributed by atoms with Crippen molar-refractivity contribution in [2.24, 2.45) is 0 Å². The molecule has 0 spiro atoms. The normalized spacial score (nSPS) is 11.0. The largest absolute Gasteiger partial charge is 0.229 e. The van der Waals surface area contributed by atoms with Gasteiger partial charge in [0.2, 0.25) is 0 Å². The summed E-state index contributed by atoms with van der Waals surface area (Å²) in [6.45, 7) is 0. The molecule has 0 radical (unpaired) electrons. The molecule has 1 nitrogen and oxygen atoms in total. The SMILES string of the molecule is Fc1ccc2sc(Br)nc2c1CBr. The molecule has 0 aliphatic heterocycles. The highest BCUT2D eigenvalue weighted by Gasteiger charge is 2.10. The number of rotatable bonds is 1. The molecule has 0 amide bonds. The second-order valence-corrected chi connectivity index (χ2v) is 5.34. The molecule has 0 unspecified atom stereocenters. The Kier molecular flexibility index (Phi) is 2.67. The Hall–Kier alpha value is -0.000000000000000167. The summed E-state index contributed by atoms with van der Waals surface area (Å²) in [5.74, 6) is -0.206. The van der Waals surface area contributed by atoms with Gasteiger partial charge in [-0.25, -0.2) is 9.37 Å². The van der Waals surface area contributed by atoms with Gasteiger partial charge >= 0.3 is 0 Å². The van der Waals surface area contributed by atoms with Crippen LogP contribution in [0.3, 0.4) is 0 Å². The fraction of sp³-hybridized carbons (Fsp3) is 0.125. The number of hydrogen-bond acceptors (Lipinski definition) is 2. The van der Waals surface area contributed by atoms with Gasteiger partial charge in [-0.2, -0.15) is 0 Å². The standard InChI is InChI=1S/C8H4Br2FNS/c9-3-4-5(11)1-2-6-7(4)12-8(10)13-6/h1-2H,3H2. The van der Waals surface area contributed by atoms with Crippen molar-refractivity contribution >= 4 is 53.4 Å². The molecule has 5 heteroatoms. The molecule has 0 bridgehead atoms. The van der Waals surface area contributed by atoms with E-state index in [0.29, 0.717) is 10.9 Å². The number of alkyl halides is 1. The van der Waals surface area contributed by atoms with Crippen molar-refractivity contribution in [3.8, 4) is 0 Å². The predicted octanol–water partition coefficient (Wildman–Crippen LogP) is 4.09. The van der Waals surface area contributed by atoms with Crippen LogP contribution in [0.2, 0.25) is 0 Å². The van der Waals surface area contributed by atoms with Crippen molar-refractivity contribution in [3.63, 3.8) is 0 Å². The Morgan fingerprint density at radius 2 is 2.23 bits per heavy atom. The van der Waals surface area contributed by atoms with E-state index in [1.165, 1.54) is 17.4 Å². The monoisotopic (exact) mass is 323 g/mol. The van der Waals surface area contributed by atoms with Crippen molar-refractivity contribution in [3.05, 3.63) is 27.4 Å². The third kappa shape index (κ3) is 1.65. The molecule has 1 heterocycles. The molecule has 2 rings (SSSR count). The van der Waals surface area contributed by atoms with Gasteiger partial charge in [0.05, 0.1) is 10.2 Å². The van der Waals surface area contributed by atoms with E-state index in [9.17, 15) is 4.39 Å². The summed E-state index contributed by atoms with van der Waals surface area (Å²) in [7, 11) is 0. The van der Waals surface area contributed by atoms with Gasteiger partial charge in [0.15, 0.2) is 3.92 Å². The van der Waals surface area contributed by atoms with Crippen LogP contribution in [0.25, 0.3) is 10.2 Å². The molecular formula is C8H4Br2FNS. The first kappa shape index (κ1) is 9.55. The third-order valence-corrected chi connectivity index (χ3v) is 3.75. The molecule has 0 aliphatic carbocycles. The Balaban J connectivity index is 2.82. The summed E-state index contributed by atoms with van der Waals surface area (Å²) < 4.78 is 15.0. The maximum absolute atomic E-state index is 13.2. The molecular weight excluding hydrogens is 321 g/mol. The number of fused-ring (bicyclic) bond motifs is 1. The van der Waals surface area contributed by atoms with Crippen LogP contribution in [0, 0.1) is 5.82 Å². The number of hydrogen-bond donors (Lipinski definition) is 0. The van der Waals surface area contributed by atoms with Gasteiger partial charge in [-0.1, -0.05) is 15.9 Å². The molecule has 1 aromatic carbocycles. The summed E-state index contributed by atoms with van der Waals surface area (Å²) in [5, 5.41) is 0.492. The van der Waals surface area contributed by atoms with E-state index in [-0.39, 0.29) is 5.82 Å². The minimum absolute atomic E-state index is 0.206. The maximum Gasteiger partial charge on any atom is 0.160 e. The van der Waals surface area contributed by atoms with Gasteiger partial charge in [0.25, 0.3) is 0 Å². The summed E-state index contributed by atoms with van der Waals surface area (Å²) >= 11 is 8.04. The molecule has 0 aliphatic rings. The van der Waals surface area contributed by atoms with E-state index in [0.717, 1.165) is 14.1 Å². The molecule has 68 valence electrons. The van der Waals surface area contributed by atoms with Crippen LogP contribution in [-0.4, -0.2) is 4.98 Å². The average molecular weight is 325 g/mol. The highest BCUT2D eigenvalue weighted by atomic mass is 79.9. The lowest BCUT2D eigenvalue weighted by Crippen LogP contribution is -1.86. The van der Waals surface area contributed by atoms with E-state index >= 15 is 0 Å². The van der Waals surface area contributed by atoms with Gasteiger partial charge in [-0.3, -0.25) is 0 Å². The molecule has 0 N–H and O–H groups in total. The Bertz CT molecular complexity index is 455. The average Bonchev–Trinajstić information content (AvgIpc) is 2.45. The van der Waals surface area contributed by atoms with Crippen molar-refractivity contribution in [1.29, 1.82) is 0 Å². The van der Waals surface area contributed by atoms with Gasteiger partial charge in [0.1, 0.15) is 5.82 Å². The summed E-state index contributed by atoms with van der Waals surface area (Å²) in [6.07, 6.45) is 0. The number of benzene rings is 1. The first-order chi connectivity index (χ1) is 6.22. The van der Waals surface area contributed by atoms with Crippen molar-refractivity contribution in [2.45, 2.75) is 5.33 Å². The molecule has 0 saturated carbocycles. The van der Waals surface area contributed by atoms with Crippen molar-refractivity contribution in [2.75, 3.05) is 0 Å². The molecule has 2 aromatic rings. The first-order valence-electron chi connectivity index (χ1n) is 3.51. The maximum atomic E-state index is 13.2. The van der Waals surface area contributed by atoms with Gasteiger partial charge in [-0.15, -0.1) is 11.3 Å². The van der Waals surface area contributed by atoms with Crippen LogP contribution < -0.4 is 0 Å². The van der Waals surface area contributed by atoms with E-state index < -0.39 is 0 Å². The van der Waals surface area contributed by atoms with Crippen LogP contribution in [0.1, 0.15) is 5.56 Å². The zero-order chi connectivity index (χ0) is 9.42. The topological polar surface area (TPSA) is 12.9 Å². The summed E-state index contributed by atoms with van der Waals surface area (Å²) in [4.78, 5) is 4.21. The quantitative estimate of drug-likeness (QED) is 0.720. The smallest absolute Gasteiger partial charge is 0.160 e. The number of halogens is 3. The van der Waals surface area contributed by atoms with Crippen molar-refractivity contribution in [1.82, 2.24) is 4.98 Å². The lowest BCUT2D eigenvalue weighted by molar-refractivity contribution is 0.620. The zero-order valence-electron chi connectivity index (χ0n) is 6.35. The zero-order valence-corrected chi connectivity index (χ0v) is 10.3. The Morgan fingerprint density at radius 3 is 2.92 bits per heavy atom. The Morgan fingerprint density at radius 1 is 1.46 bits per heavy atom. The van der Waals surface area contributed by atoms with Gasteiger partial charge in [0, 0.05) is 10.9 Å². The van der Waals surface area contributed by atoms with Gasteiger partial charge < -0.3 is 0 Å². The lowest BCUT2D eigenvalue weighted by atomic mass is 10.2. The van der Waals surface area contributed by atoms with Crippen LogP contribution >= 0.6 is 43.2 Å². The lowest BCUT2D eigenvalue weighted by Gasteiger charge is -1.97. The van der Waals surface area contributed by atoms with E-state index in [4.69, 9.17) is 0 Å². The van der Waals surface area contributed by atoms with E-state index in [1.54, 1.807) is 6.07 Å². The van der Waals surface area contributed by atoms with E-state index in [2.05, 4.69) is 36.8 Å². The van der Waals surface area contributed by atoms with Crippen LogP contribution in [0.4, 0.5) is 4.39 Å². The molecule has 0 atom stereocenters. The molecule has 13 heavy (non-hydrogen) atoms. The van der Waals surface area contributed by atoms with E-state index in [1.807, 2.05) is 0 Å². The third-order valence-electron chi connectivity index (χ3n) is 1.72. The summed E-state index contributed by atoms with van der Waals surface area (Å²) in [5.41, 5.74) is 1.37. The molecule has 0 saturated heterocycles. The molecule has 0 fully saturated rings. The number of nitrogens with zero attached hydrogens (tertiary/aromatic N) is 1. The minimum Gasteiger partial charge on any atom is -0.229 e. The number of thiazole rings is 1. The van der Waals surface area contributed by atoms with Crippen LogP contribution in [0.5, 0.6) is 0 Å². The highest BCUT2D eigenvalue weighted by Crippen LogP contribution is 2.30. The fourth-order valence-electron chi connectivity index (χ4n) is 1.12. The fourth-order valence-corrected chi connectivity index (χ4v) is 3.08. The second-order valence-electron chi connectivity index (χ2n) is 2.47. The first-order valence-corrected chi connectivity index (χ1v) is 6.25. The van der Waals surface area contributed by atoms with Crippen LogP contribution in [-0.2, 0) is 5.33 Å². The summed E-state index contributed by atoms with van der Waals surface area (Å²) in [6, 6.07) is 3.22. The molecule has 1 aromatic heterocycles. The number of aromatic nitrogens is 1. The highest BCUT2D eigenvalue weighted by molar-refractivity contribution is 9.11. The Labute approximate surface area is 95.2 Å². The second kappa shape index (κ2) is 3.63.